The Morgan fingerprint density at radius 2 is 2.00 bits per heavy atom. The maximum Gasteiger partial charge on any atom is 0.335 e. The highest BCUT2D eigenvalue weighted by atomic mass is 35.5. The van der Waals surface area contributed by atoms with E-state index in [4.69, 9.17) is 16.7 Å². The molecule has 0 atom stereocenters. The normalized spacial score (nSPS) is 11.1. The number of halogens is 2. The second kappa shape index (κ2) is 5.66. The zero-order chi connectivity index (χ0) is 15.6. The van der Waals surface area contributed by atoms with Crippen LogP contribution in [0.4, 0.5) is 10.2 Å². The van der Waals surface area contributed by atoms with Crippen LogP contribution < -0.4 is 4.72 Å². The summed E-state index contributed by atoms with van der Waals surface area (Å²) in [5.74, 6) is -2.50. The summed E-state index contributed by atoms with van der Waals surface area (Å²) in [5, 5.41) is 8.87. The number of rotatable bonds is 4. The van der Waals surface area contributed by atoms with Crippen LogP contribution in [0, 0.1) is 5.82 Å². The average molecular weight is 331 g/mol. The van der Waals surface area contributed by atoms with Crippen molar-refractivity contribution in [3.8, 4) is 0 Å². The summed E-state index contributed by atoms with van der Waals surface area (Å²) in [6.07, 6.45) is 1.12. The average Bonchev–Trinajstić information content (AvgIpc) is 2.37. The van der Waals surface area contributed by atoms with Gasteiger partial charge < -0.3 is 5.11 Å². The molecule has 0 saturated heterocycles. The molecular weight excluding hydrogens is 323 g/mol. The molecule has 1 aromatic carbocycles. The van der Waals surface area contributed by atoms with Gasteiger partial charge in [0.2, 0.25) is 0 Å². The van der Waals surface area contributed by atoms with E-state index in [1.165, 1.54) is 12.1 Å². The van der Waals surface area contributed by atoms with Crippen molar-refractivity contribution in [2.75, 3.05) is 4.72 Å². The third-order valence-electron chi connectivity index (χ3n) is 2.43. The molecule has 110 valence electrons. The fourth-order valence-electron chi connectivity index (χ4n) is 1.51. The van der Waals surface area contributed by atoms with E-state index in [-0.39, 0.29) is 16.4 Å². The predicted octanol–water partition coefficient (Wildman–Crippen LogP) is 2.37. The van der Waals surface area contributed by atoms with E-state index >= 15 is 0 Å². The highest BCUT2D eigenvalue weighted by Crippen LogP contribution is 2.21. The summed E-state index contributed by atoms with van der Waals surface area (Å²) < 4.78 is 39.7. The van der Waals surface area contributed by atoms with Gasteiger partial charge in [0.05, 0.1) is 5.56 Å². The molecule has 21 heavy (non-hydrogen) atoms. The van der Waals surface area contributed by atoms with Crippen molar-refractivity contribution in [3.05, 3.63) is 52.9 Å². The molecule has 9 heteroatoms. The lowest BCUT2D eigenvalue weighted by Crippen LogP contribution is -2.16. The molecule has 0 aliphatic heterocycles. The molecule has 0 radical (unpaired) electrons. The van der Waals surface area contributed by atoms with E-state index in [2.05, 4.69) is 4.98 Å². The van der Waals surface area contributed by atoms with Crippen molar-refractivity contribution < 1.29 is 22.7 Å². The second-order valence-electron chi connectivity index (χ2n) is 3.92. The van der Waals surface area contributed by atoms with Gasteiger partial charge >= 0.3 is 5.97 Å². The fraction of sp³-hybridized carbons (Fsp3) is 0. The first kappa shape index (κ1) is 15.2. The number of aromatic nitrogens is 1. The van der Waals surface area contributed by atoms with E-state index < -0.39 is 26.7 Å². The molecular formula is C12H8ClFN2O4S. The first-order valence-electron chi connectivity index (χ1n) is 5.47. The van der Waals surface area contributed by atoms with E-state index in [0.717, 1.165) is 24.4 Å². The molecule has 6 nitrogen and oxygen atoms in total. The quantitative estimate of drug-likeness (QED) is 0.897. The van der Waals surface area contributed by atoms with Gasteiger partial charge in [0.15, 0.2) is 0 Å². The molecule has 2 N–H and O–H groups in total. The number of pyridine rings is 1. The Hall–Kier alpha value is -2.19. The molecule has 1 aromatic heterocycles. The number of hydrogen-bond donors (Lipinski definition) is 2. The van der Waals surface area contributed by atoms with Crippen LogP contribution in [0.15, 0.2) is 41.4 Å². The Bertz CT molecular complexity index is 811. The standard InChI is InChI=1S/C12H8ClFN2O4S/c13-8-1-2-10(9(14)6-8)21(19,20)16-11-5-7(12(17)18)3-4-15-11/h1-6H,(H,15,16)(H,17,18). The van der Waals surface area contributed by atoms with Gasteiger partial charge in [-0.2, -0.15) is 0 Å². The van der Waals surface area contributed by atoms with Gasteiger partial charge in [0, 0.05) is 11.2 Å². The van der Waals surface area contributed by atoms with Crippen molar-refractivity contribution in [3.63, 3.8) is 0 Å². The van der Waals surface area contributed by atoms with Crippen LogP contribution in [0.25, 0.3) is 0 Å². The molecule has 0 aliphatic carbocycles. The number of sulfonamides is 1. The van der Waals surface area contributed by atoms with Gasteiger partial charge in [-0.3, -0.25) is 4.72 Å². The summed E-state index contributed by atoms with van der Waals surface area (Å²) in [4.78, 5) is 13.9. The minimum Gasteiger partial charge on any atom is -0.478 e. The zero-order valence-corrected chi connectivity index (χ0v) is 11.8. The van der Waals surface area contributed by atoms with Crippen molar-refractivity contribution in [2.24, 2.45) is 0 Å². The highest BCUT2D eigenvalue weighted by molar-refractivity contribution is 7.92. The van der Waals surface area contributed by atoms with Gasteiger partial charge in [-0.15, -0.1) is 0 Å². The van der Waals surface area contributed by atoms with Crippen LogP contribution in [-0.4, -0.2) is 24.5 Å². The highest BCUT2D eigenvalue weighted by Gasteiger charge is 2.20. The molecule has 0 amide bonds. The van der Waals surface area contributed by atoms with Crippen LogP contribution in [-0.2, 0) is 10.0 Å². The van der Waals surface area contributed by atoms with E-state index in [1.54, 1.807) is 0 Å². The van der Waals surface area contributed by atoms with Gasteiger partial charge in [0.1, 0.15) is 16.5 Å². The first-order valence-corrected chi connectivity index (χ1v) is 7.33. The maximum atomic E-state index is 13.6. The van der Waals surface area contributed by atoms with E-state index in [9.17, 15) is 17.6 Å². The molecule has 0 bridgehead atoms. The summed E-state index contributed by atoms with van der Waals surface area (Å²) in [7, 11) is -4.24. The van der Waals surface area contributed by atoms with Crippen molar-refractivity contribution in [1.82, 2.24) is 4.98 Å². The third kappa shape index (κ3) is 3.47. The van der Waals surface area contributed by atoms with Crippen LogP contribution >= 0.6 is 11.6 Å². The number of benzene rings is 1. The number of nitrogens with zero attached hydrogens (tertiary/aromatic N) is 1. The topological polar surface area (TPSA) is 96.4 Å². The van der Waals surface area contributed by atoms with Crippen LogP contribution in [0.2, 0.25) is 5.02 Å². The SMILES string of the molecule is O=C(O)c1ccnc(NS(=O)(=O)c2ccc(Cl)cc2F)c1. The molecule has 0 aliphatic rings. The Labute approximate surface area is 124 Å². The monoisotopic (exact) mass is 330 g/mol. The van der Waals surface area contributed by atoms with Gasteiger partial charge in [-0.25, -0.2) is 22.6 Å². The minimum absolute atomic E-state index is 0.0532. The number of anilines is 1. The van der Waals surface area contributed by atoms with Crippen molar-refractivity contribution >= 4 is 33.4 Å². The molecule has 0 fully saturated rings. The van der Waals surface area contributed by atoms with E-state index in [0.29, 0.717) is 0 Å². The van der Waals surface area contributed by atoms with E-state index in [1.807, 2.05) is 4.72 Å². The Morgan fingerprint density at radius 3 is 2.62 bits per heavy atom. The summed E-state index contributed by atoms with van der Waals surface area (Å²) in [6.45, 7) is 0. The lowest BCUT2D eigenvalue weighted by Gasteiger charge is -2.08. The number of carbonyl (C=O) groups is 1. The maximum absolute atomic E-state index is 13.6. The lowest BCUT2D eigenvalue weighted by atomic mass is 10.3. The van der Waals surface area contributed by atoms with Crippen LogP contribution in [0.3, 0.4) is 0 Å². The molecule has 0 unspecified atom stereocenters. The smallest absolute Gasteiger partial charge is 0.335 e. The lowest BCUT2D eigenvalue weighted by molar-refractivity contribution is 0.0697. The third-order valence-corrected chi connectivity index (χ3v) is 4.05. The molecule has 1 heterocycles. The zero-order valence-electron chi connectivity index (χ0n) is 10.2. The number of carboxylic acids is 1. The Kier molecular flexibility index (Phi) is 4.10. The summed E-state index contributed by atoms with van der Waals surface area (Å²) >= 11 is 5.55. The molecule has 2 aromatic rings. The van der Waals surface area contributed by atoms with Gasteiger partial charge in [-0.05, 0) is 30.3 Å². The van der Waals surface area contributed by atoms with Gasteiger partial charge in [-0.1, -0.05) is 11.6 Å². The summed E-state index contributed by atoms with van der Waals surface area (Å²) in [6, 6.07) is 5.30. The Balaban J connectivity index is 2.37. The van der Waals surface area contributed by atoms with Crippen LogP contribution in [0.5, 0.6) is 0 Å². The molecule has 0 spiro atoms. The number of hydrogen-bond acceptors (Lipinski definition) is 4. The van der Waals surface area contributed by atoms with Crippen molar-refractivity contribution in [1.29, 1.82) is 0 Å². The number of aromatic carboxylic acids is 1. The van der Waals surface area contributed by atoms with Gasteiger partial charge in [0.25, 0.3) is 10.0 Å². The largest absolute Gasteiger partial charge is 0.478 e. The van der Waals surface area contributed by atoms with Crippen LogP contribution in [0.1, 0.15) is 10.4 Å². The predicted molar refractivity (Wildman–Crippen MR) is 73.4 cm³/mol. The Morgan fingerprint density at radius 1 is 1.29 bits per heavy atom. The second-order valence-corrected chi connectivity index (χ2v) is 6.00. The first-order chi connectivity index (χ1) is 9.79. The molecule has 2 rings (SSSR count). The van der Waals surface area contributed by atoms with Crippen molar-refractivity contribution in [2.45, 2.75) is 4.90 Å². The number of carboxylic acid groups (broad SMARTS) is 1. The minimum atomic E-state index is -4.24. The fourth-order valence-corrected chi connectivity index (χ4v) is 2.72. The summed E-state index contributed by atoms with van der Waals surface area (Å²) in [5.41, 5.74) is -0.153. The number of nitrogens with one attached hydrogen (secondary N) is 1. The molecule has 0 saturated carbocycles.